The second-order valence-electron chi connectivity index (χ2n) is 3.44. The summed E-state index contributed by atoms with van der Waals surface area (Å²) in [6.45, 7) is 11.7. The van der Waals surface area contributed by atoms with Gasteiger partial charge in [0, 0.05) is 0 Å². The van der Waals surface area contributed by atoms with E-state index in [2.05, 4.69) is 10.6 Å². The van der Waals surface area contributed by atoms with Gasteiger partial charge in [-0.2, -0.15) is 0 Å². The SMILES string of the molecule is CC.CC.CNCCCC1CCNCC1. The number of hydrogen-bond acceptors (Lipinski definition) is 2. The summed E-state index contributed by atoms with van der Waals surface area (Å²) in [6, 6.07) is 0. The van der Waals surface area contributed by atoms with Crippen molar-refractivity contribution < 1.29 is 0 Å². The molecule has 0 aromatic carbocycles. The molecule has 2 N–H and O–H groups in total. The van der Waals surface area contributed by atoms with E-state index in [9.17, 15) is 0 Å². The van der Waals surface area contributed by atoms with Gasteiger partial charge in [0.25, 0.3) is 0 Å². The summed E-state index contributed by atoms with van der Waals surface area (Å²) in [5.41, 5.74) is 0. The predicted molar refractivity (Wildman–Crippen MR) is 71.5 cm³/mol. The van der Waals surface area contributed by atoms with Crippen LogP contribution < -0.4 is 10.6 Å². The van der Waals surface area contributed by atoms with E-state index in [1.807, 2.05) is 34.7 Å². The minimum absolute atomic E-state index is 1.00. The highest BCUT2D eigenvalue weighted by Crippen LogP contribution is 2.16. The Morgan fingerprint density at radius 1 is 1.07 bits per heavy atom. The van der Waals surface area contributed by atoms with Gasteiger partial charge in [0.15, 0.2) is 0 Å². The van der Waals surface area contributed by atoms with Gasteiger partial charge in [-0.05, 0) is 58.3 Å². The topological polar surface area (TPSA) is 24.1 Å². The first kappa shape index (κ1) is 17.3. The molecule has 1 heterocycles. The average molecular weight is 216 g/mol. The Bertz CT molecular complexity index is 88.5. The van der Waals surface area contributed by atoms with Gasteiger partial charge in [-0.3, -0.25) is 0 Å². The van der Waals surface area contributed by atoms with E-state index in [0.29, 0.717) is 0 Å². The predicted octanol–water partition coefficient (Wildman–Crippen LogP) is 3.04. The normalized spacial score (nSPS) is 15.8. The van der Waals surface area contributed by atoms with Crippen molar-refractivity contribution in [2.24, 2.45) is 5.92 Å². The molecule has 0 radical (unpaired) electrons. The largest absolute Gasteiger partial charge is 0.320 e. The van der Waals surface area contributed by atoms with Gasteiger partial charge in [0.2, 0.25) is 0 Å². The Hall–Kier alpha value is -0.0800. The van der Waals surface area contributed by atoms with E-state index in [1.165, 1.54) is 45.3 Å². The van der Waals surface area contributed by atoms with Crippen LogP contribution in [-0.4, -0.2) is 26.7 Å². The summed E-state index contributed by atoms with van der Waals surface area (Å²) < 4.78 is 0. The maximum atomic E-state index is 3.39. The Morgan fingerprint density at radius 2 is 1.60 bits per heavy atom. The standard InChI is InChI=1S/C9H20N2.2C2H6/c1-10-6-2-3-9-4-7-11-8-5-9;2*1-2/h9-11H,2-8H2,1H3;2*1-2H3. The second kappa shape index (κ2) is 16.4. The van der Waals surface area contributed by atoms with Crippen LogP contribution in [0.5, 0.6) is 0 Å². The highest BCUT2D eigenvalue weighted by atomic mass is 14.9. The van der Waals surface area contributed by atoms with Crippen LogP contribution in [0.3, 0.4) is 0 Å². The van der Waals surface area contributed by atoms with Gasteiger partial charge >= 0.3 is 0 Å². The molecule has 0 spiro atoms. The minimum atomic E-state index is 1.00. The highest BCUT2D eigenvalue weighted by molar-refractivity contribution is 4.68. The first-order valence-electron chi connectivity index (χ1n) is 6.79. The zero-order chi connectivity index (χ0) is 11.9. The van der Waals surface area contributed by atoms with Crippen molar-refractivity contribution in [2.45, 2.75) is 53.4 Å². The summed E-state index contributed by atoms with van der Waals surface area (Å²) in [4.78, 5) is 0. The number of rotatable bonds is 4. The Morgan fingerprint density at radius 3 is 2.07 bits per heavy atom. The fourth-order valence-electron chi connectivity index (χ4n) is 1.74. The number of nitrogens with one attached hydrogen (secondary N) is 2. The maximum absolute atomic E-state index is 3.39. The fraction of sp³-hybridized carbons (Fsp3) is 1.00. The molecule has 94 valence electrons. The van der Waals surface area contributed by atoms with Gasteiger partial charge < -0.3 is 10.6 Å². The lowest BCUT2D eigenvalue weighted by Gasteiger charge is -2.22. The monoisotopic (exact) mass is 216 g/mol. The van der Waals surface area contributed by atoms with Gasteiger partial charge in [-0.1, -0.05) is 27.7 Å². The van der Waals surface area contributed by atoms with Crippen LogP contribution in [0.25, 0.3) is 0 Å². The zero-order valence-corrected chi connectivity index (χ0v) is 11.5. The average Bonchev–Trinajstić information content (AvgIpc) is 2.36. The third-order valence-corrected chi connectivity index (χ3v) is 2.50. The van der Waals surface area contributed by atoms with Crippen LogP contribution in [0.2, 0.25) is 0 Å². The van der Waals surface area contributed by atoms with Crippen molar-refractivity contribution in [3.63, 3.8) is 0 Å². The van der Waals surface area contributed by atoms with Crippen LogP contribution in [0.4, 0.5) is 0 Å². The van der Waals surface area contributed by atoms with E-state index in [0.717, 1.165) is 5.92 Å². The first-order chi connectivity index (χ1) is 7.43. The molecule has 1 saturated heterocycles. The fourth-order valence-corrected chi connectivity index (χ4v) is 1.74. The molecule has 15 heavy (non-hydrogen) atoms. The highest BCUT2D eigenvalue weighted by Gasteiger charge is 2.11. The number of piperidine rings is 1. The van der Waals surface area contributed by atoms with Crippen molar-refractivity contribution in [3.05, 3.63) is 0 Å². The van der Waals surface area contributed by atoms with E-state index in [-0.39, 0.29) is 0 Å². The van der Waals surface area contributed by atoms with Gasteiger partial charge in [0.1, 0.15) is 0 Å². The molecule has 0 saturated carbocycles. The molecule has 0 unspecified atom stereocenters. The zero-order valence-electron chi connectivity index (χ0n) is 11.5. The number of hydrogen-bond donors (Lipinski definition) is 2. The molecule has 1 aliphatic rings. The van der Waals surface area contributed by atoms with Crippen LogP contribution in [0.1, 0.15) is 53.4 Å². The molecular formula is C13H32N2. The smallest absolute Gasteiger partial charge is 0.00463 e. The molecule has 0 bridgehead atoms. The van der Waals surface area contributed by atoms with Crippen LogP contribution in [0, 0.1) is 5.92 Å². The van der Waals surface area contributed by atoms with Crippen molar-refractivity contribution in [3.8, 4) is 0 Å². The molecule has 0 aromatic heterocycles. The van der Waals surface area contributed by atoms with Crippen molar-refractivity contribution in [1.82, 2.24) is 10.6 Å². The van der Waals surface area contributed by atoms with Crippen LogP contribution in [0.15, 0.2) is 0 Å². The molecule has 1 aliphatic heterocycles. The molecule has 1 fully saturated rings. The Balaban J connectivity index is 0. The first-order valence-corrected chi connectivity index (χ1v) is 6.79. The van der Waals surface area contributed by atoms with Gasteiger partial charge in [-0.25, -0.2) is 0 Å². The van der Waals surface area contributed by atoms with Gasteiger partial charge in [0.05, 0.1) is 0 Å². The van der Waals surface area contributed by atoms with Crippen molar-refractivity contribution in [1.29, 1.82) is 0 Å². The quantitative estimate of drug-likeness (QED) is 0.706. The molecule has 1 rings (SSSR count). The van der Waals surface area contributed by atoms with E-state index in [4.69, 9.17) is 0 Å². The summed E-state index contributed by atoms with van der Waals surface area (Å²) in [5, 5.41) is 6.58. The van der Waals surface area contributed by atoms with E-state index >= 15 is 0 Å². The molecule has 0 amide bonds. The lowest BCUT2D eigenvalue weighted by Crippen LogP contribution is -2.28. The third kappa shape index (κ3) is 11.8. The van der Waals surface area contributed by atoms with E-state index in [1.54, 1.807) is 0 Å². The second-order valence-corrected chi connectivity index (χ2v) is 3.44. The summed E-state index contributed by atoms with van der Waals surface area (Å²) in [5.74, 6) is 1.00. The molecule has 0 atom stereocenters. The maximum Gasteiger partial charge on any atom is -0.00463 e. The van der Waals surface area contributed by atoms with Crippen molar-refractivity contribution >= 4 is 0 Å². The Kier molecular flexibility index (Phi) is 18.9. The molecule has 0 aliphatic carbocycles. The van der Waals surface area contributed by atoms with Crippen LogP contribution >= 0.6 is 0 Å². The lowest BCUT2D eigenvalue weighted by atomic mass is 9.93. The lowest BCUT2D eigenvalue weighted by molar-refractivity contribution is 0.346. The van der Waals surface area contributed by atoms with Crippen molar-refractivity contribution in [2.75, 3.05) is 26.7 Å². The third-order valence-electron chi connectivity index (χ3n) is 2.50. The Labute approximate surface area is 97.2 Å². The molecule has 0 aromatic rings. The van der Waals surface area contributed by atoms with E-state index < -0.39 is 0 Å². The molecule has 2 nitrogen and oxygen atoms in total. The molecule has 2 heteroatoms. The summed E-state index contributed by atoms with van der Waals surface area (Å²) in [7, 11) is 2.03. The summed E-state index contributed by atoms with van der Waals surface area (Å²) in [6.07, 6.45) is 5.55. The van der Waals surface area contributed by atoms with Crippen LogP contribution in [-0.2, 0) is 0 Å². The van der Waals surface area contributed by atoms with Gasteiger partial charge in [-0.15, -0.1) is 0 Å². The summed E-state index contributed by atoms with van der Waals surface area (Å²) >= 11 is 0. The molecular weight excluding hydrogens is 184 g/mol. The minimum Gasteiger partial charge on any atom is -0.320 e.